The Morgan fingerprint density at radius 3 is 2.39 bits per heavy atom. The minimum absolute atomic E-state index is 0.142. The lowest BCUT2D eigenvalue weighted by molar-refractivity contribution is 0.0574. The summed E-state index contributed by atoms with van der Waals surface area (Å²) in [6, 6.07) is 10.2. The van der Waals surface area contributed by atoms with Gasteiger partial charge in [0.1, 0.15) is 9.77 Å². The van der Waals surface area contributed by atoms with Crippen molar-refractivity contribution >= 4 is 27.3 Å². The largest absolute Gasteiger partial charge is 0.335 e. The third-order valence-electron chi connectivity index (χ3n) is 6.98. The third kappa shape index (κ3) is 4.06. The molecule has 3 heterocycles. The molecule has 1 saturated carbocycles. The van der Waals surface area contributed by atoms with E-state index in [1.54, 1.807) is 11.4 Å². The summed E-state index contributed by atoms with van der Waals surface area (Å²) in [7, 11) is -3.71. The second-order valence-electron chi connectivity index (χ2n) is 8.74. The van der Waals surface area contributed by atoms with E-state index in [-0.39, 0.29) is 10.8 Å². The summed E-state index contributed by atoms with van der Waals surface area (Å²) in [5.74, 6) is -0.142. The summed E-state index contributed by atoms with van der Waals surface area (Å²) in [4.78, 5) is 18.1. The summed E-state index contributed by atoms with van der Waals surface area (Å²) < 4.78 is 28.4. The average molecular weight is 460 g/mol. The summed E-state index contributed by atoms with van der Waals surface area (Å²) in [5, 5.41) is 1.73. The molecule has 0 unspecified atom stereocenters. The first-order chi connectivity index (χ1) is 15.0. The number of fused-ring (bicyclic) bond motifs is 1. The van der Waals surface area contributed by atoms with E-state index in [1.165, 1.54) is 46.9 Å². The molecule has 166 valence electrons. The van der Waals surface area contributed by atoms with Gasteiger partial charge in [-0.05, 0) is 41.8 Å². The number of carbonyl (C=O) groups excluding carboxylic acids is 1. The Bertz CT molecular complexity index is 1050. The lowest BCUT2D eigenvalue weighted by Gasteiger charge is -2.38. The number of sulfonamides is 1. The summed E-state index contributed by atoms with van der Waals surface area (Å²) in [6.07, 6.45) is 5.84. The van der Waals surface area contributed by atoms with E-state index in [9.17, 15) is 13.2 Å². The molecule has 0 bridgehead atoms. The maximum absolute atomic E-state index is 13.4. The Morgan fingerprint density at radius 2 is 1.65 bits per heavy atom. The van der Waals surface area contributed by atoms with Gasteiger partial charge in [-0.25, -0.2) is 8.42 Å². The highest BCUT2D eigenvalue weighted by Gasteiger charge is 2.35. The van der Waals surface area contributed by atoms with Crippen LogP contribution in [0.15, 0.2) is 40.6 Å². The van der Waals surface area contributed by atoms with Crippen molar-refractivity contribution in [1.82, 2.24) is 14.1 Å². The van der Waals surface area contributed by atoms with Crippen molar-refractivity contribution in [1.29, 1.82) is 0 Å². The topological polar surface area (TPSA) is 60.9 Å². The molecule has 0 radical (unpaired) electrons. The van der Waals surface area contributed by atoms with Gasteiger partial charge >= 0.3 is 0 Å². The lowest BCUT2D eigenvalue weighted by atomic mass is 10.0. The van der Waals surface area contributed by atoms with Crippen LogP contribution < -0.4 is 0 Å². The fraction of sp³-hybridized carbons (Fsp3) is 0.522. The second-order valence-corrected chi connectivity index (χ2v) is 11.6. The van der Waals surface area contributed by atoms with Gasteiger partial charge in [0, 0.05) is 45.3 Å². The van der Waals surface area contributed by atoms with E-state index >= 15 is 0 Å². The first-order valence-corrected chi connectivity index (χ1v) is 13.5. The van der Waals surface area contributed by atoms with E-state index in [4.69, 9.17) is 0 Å². The number of hydrogen-bond acceptors (Lipinski definition) is 5. The van der Waals surface area contributed by atoms with E-state index in [2.05, 4.69) is 11.0 Å². The number of rotatable bonds is 4. The number of carbonyl (C=O) groups is 1. The molecule has 3 aliphatic rings. The fourth-order valence-electron chi connectivity index (χ4n) is 5.17. The molecule has 8 heteroatoms. The maximum Gasteiger partial charge on any atom is 0.265 e. The summed E-state index contributed by atoms with van der Waals surface area (Å²) in [6.45, 7) is 3.91. The SMILES string of the molecule is O=C(c1sccc1S(=O)(=O)N1CCc2ccccc2C1)N1CCN(C2CCCC2)CC1. The van der Waals surface area contributed by atoms with Crippen LogP contribution in [0.4, 0.5) is 0 Å². The van der Waals surface area contributed by atoms with Crippen molar-refractivity contribution in [3.8, 4) is 0 Å². The standard InChI is InChI=1S/C23H29N3O3S2/c27-23(25-14-12-24(13-15-25)20-7-3-4-8-20)22-21(10-16-30-22)31(28,29)26-11-9-18-5-1-2-6-19(18)17-26/h1-2,5-6,10,16,20H,3-4,7-9,11-15,17H2. The van der Waals surface area contributed by atoms with Crippen LogP contribution in [-0.4, -0.2) is 67.2 Å². The highest BCUT2D eigenvalue weighted by molar-refractivity contribution is 7.89. The molecule has 1 aromatic heterocycles. The molecule has 2 fully saturated rings. The molecule has 0 N–H and O–H groups in total. The van der Waals surface area contributed by atoms with Crippen molar-refractivity contribution in [2.45, 2.75) is 49.6 Å². The molecule has 1 amide bonds. The second kappa shape index (κ2) is 8.65. The molecule has 6 nitrogen and oxygen atoms in total. The molecule has 0 atom stereocenters. The number of nitrogens with zero attached hydrogens (tertiary/aromatic N) is 3. The Balaban J connectivity index is 1.31. The zero-order valence-corrected chi connectivity index (χ0v) is 19.3. The van der Waals surface area contributed by atoms with Crippen LogP contribution in [0.25, 0.3) is 0 Å². The van der Waals surface area contributed by atoms with Crippen LogP contribution in [-0.2, 0) is 23.0 Å². The van der Waals surface area contributed by atoms with E-state index < -0.39 is 10.0 Å². The predicted octanol–water partition coefficient (Wildman–Crippen LogP) is 3.20. The van der Waals surface area contributed by atoms with Crippen molar-refractivity contribution in [3.63, 3.8) is 0 Å². The van der Waals surface area contributed by atoms with Gasteiger partial charge in [0.25, 0.3) is 5.91 Å². The molecule has 1 saturated heterocycles. The molecule has 1 aromatic carbocycles. The number of hydrogen-bond donors (Lipinski definition) is 0. The van der Waals surface area contributed by atoms with Crippen molar-refractivity contribution in [2.24, 2.45) is 0 Å². The number of thiophene rings is 1. The van der Waals surface area contributed by atoms with Crippen LogP contribution >= 0.6 is 11.3 Å². The Morgan fingerprint density at radius 1 is 0.935 bits per heavy atom. The number of amides is 1. The summed E-state index contributed by atoms with van der Waals surface area (Å²) in [5.41, 5.74) is 2.25. The van der Waals surface area contributed by atoms with Crippen LogP contribution in [0.2, 0.25) is 0 Å². The zero-order valence-electron chi connectivity index (χ0n) is 17.7. The van der Waals surface area contributed by atoms with Gasteiger partial charge in [0.15, 0.2) is 0 Å². The minimum atomic E-state index is -3.71. The predicted molar refractivity (Wildman–Crippen MR) is 122 cm³/mol. The smallest absolute Gasteiger partial charge is 0.265 e. The van der Waals surface area contributed by atoms with Gasteiger partial charge < -0.3 is 4.90 Å². The maximum atomic E-state index is 13.4. The average Bonchev–Trinajstić information content (AvgIpc) is 3.51. The van der Waals surface area contributed by atoms with Gasteiger partial charge in [-0.15, -0.1) is 11.3 Å². The third-order valence-corrected chi connectivity index (χ3v) is 9.90. The molecule has 2 aromatic rings. The van der Waals surface area contributed by atoms with Crippen LogP contribution in [0.3, 0.4) is 0 Å². The van der Waals surface area contributed by atoms with Crippen molar-refractivity contribution in [2.75, 3.05) is 32.7 Å². The Labute approximate surface area is 188 Å². The summed E-state index contributed by atoms with van der Waals surface area (Å²) >= 11 is 1.24. The van der Waals surface area contributed by atoms with Gasteiger partial charge in [-0.3, -0.25) is 9.69 Å². The van der Waals surface area contributed by atoms with Crippen LogP contribution in [0.1, 0.15) is 46.5 Å². The van der Waals surface area contributed by atoms with Gasteiger partial charge in [0.05, 0.1) is 0 Å². The lowest BCUT2D eigenvalue weighted by Crippen LogP contribution is -2.51. The van der Waals surface area contributed by atoms with Crippen LogP contribution in [0.5, 0.6) is 0 Å². The monoisotopic (exact) mass is 459 g/mol. The Kier molecular flexibility index (Phi) is 5.90. The van der Waals surface area contributed by atoms with Crippen LogP contribution in [0, 0.1) is 0 Å². The van der Waals surface area contributed by atoms with Crippen molar-refractivity contribution < 1.29 is 13.2 Å². The molecule has 31 heavy (non-hydrogen) atoms. The Hall–Kier alpha value is -1.74. The van der Waals surface area contributed by atoms with Gasteiger partial charge in [-0.2, -0.15) is 4.31 Å². The molecular formula is C23H29N3O3S2. The number of benzene rings is 1. The molecule has 1 aliphatic carbocycles. The first kappa shape index (κ1) is 21.1. The quantitative estimate of drug-likeness (QED) is 0.705. The van der Waals surface area contributed by atoms with E-state index in [0.29, 0.717) is 43.5 Å². The molecule has 0 spiro atoms. The van der Waals surface area contributed by atoms with Gasteiger partial charge in [-0.1, -0.05) is 37.1 Å². The van der Waals surface area contributed by atoms with Gasteiger partial charge in [0.2, 0.25) is 10.0 Å². The molecule has 5 rings (SSSR count). The highest BCUT2D eigenvalue weighted by Crippen LogP contribution is 2.31. The first-order valence-electron chi connectivity index (χ1n) is 11.2. The van der Waals surface area contributed by atoms with Crippen molar-refractivity contribution in [3.05, 3.63) is 51.7 Å². The number of piperazine rings is 1. The van der Waals surface area contributed by atoms with E-state index in [0.717, 1.165) is 18.7 Å². The minimum Gasteiger partial charge on any atom is -0.335 e. The van der Waals surface area contributed by atoms with E-state index in [1.807, 2.05) is 23.1 Å². The zero-order chi connectivity index (χ0) is 21.4. The highest BCUT2D eigenvalue weighted by atomic mass is 32.2. The normalized spacial score (nSPS) is 21.4. The molecule has 2 aliphatic heterocycles. The molecular weight excluding hydrogens is 430 g/mol. The fourth-order valence-corrected chi connectivity index (χ4v) is 7.96.